The Morgan fingerprint density at radius 1 is 1.29 bits per heavy atom. The van der Waals surface area contributed by atoms with Gasteiger partial charge in [-0.05, 0) is 12.0 Å². The summed E-state index contributed by atoms with van der Waals surface area (Å²) in [6, 6.07) is 9.93. The Bertz CT molecular complexity index is 238. The number of aliphatic hydroxyl groups excluding tert-OH is 1. The average molecular weight is 195 g/mol. The molecule has 0 amide bonds. The van der Waals surface area contributed by atoms with Crippen molar-refractivity contribution in [3.8, 4) is 0 Å². The molecular formula is C11H17NO2. The van der Waals surface area contributed by atoms with Crippen molar-refractivity contribution in [1.82, 2.24) is 0 Å². The molecule has 3 N–H and O–H groups in total. The van der Waals surface area contributed by atoms with Gasteiger partial charge in [-0.3, -0.25) is 0 Å². The summed E-state index contributed by atoms with van der Waals surface area (Å²) in [7, 11) is 0. The largest absolute Gasteiger partial charge is 0.396 e. The van der Waals surface area contributed by atoms with Gasteiger partial charge in [0.05, 0.1) is 12.7 Å². The summed E-state index contributed by atoms with van der Waals surface area (Å²) >= 11 is 0. The average Bonchev–Trinajstić information content (AvgIpc) is 2.25. The van der Waals surface area contributed by atoms with Crippen molar-refractivity contribution < 1.29 is 9.84 Å². The maximum atomic E-state index is 8.73. The number of ether oxygens (including phenoxy) is 1. The molecule has 0 spiro atoms. The van der Waals surface area contributed by atoms with E-state index in [-0.39, 0.29) is 12.7 Å². The first-order chi connectivity index (χ1) is 6.86. The van der Waals surface area contributed by atoms with Crippen LogP contribution in [0.3, 0.4) is 0 Å². The highest BCUT2D eigenvalue weighted by Gasteiger charge is 2.05. The molecule has 0 aliphatic carbocycles. The number of nitrogens with two attached hydrogens (primary N) is 1. The van der Waals surface area contributed by atoms with Crippen molar-refractivity contribution in [3.63, 3.8) is 0 Å². The molecule has 0 radical (unpaired) electrons. The van der Waals surface area contributed by atoms with Crippen LogP contribution in [0, 0.1) is 0 Å². The van der Waals surface area contributed by atoms with Crippen LogP contribution in [0.15, 0.2) is 30.3 Å². The fourth-order valence-corrected chi connectivity index (χ4v) is 1.20. The molecule has 1 aromatic carbocycles. The minimum absolute atomic E-state index is 0.0415. The van der Waals surface area contributed by atoms with E-state index in [0.29, 0.717) is 19.6 Å². The summed E-state index contributed by atoms with van der Waals surface area (Å²) in [6.07, 6.45) is 0.559. The molecule has 0 bridgehead atoms. The molecule has 0 aliphatic rings. The summed E-state index contributed by atoms with van der Waals surface area (Å²) in [6.45, 7) is 1.13. The Labute approximate surface area is 84.5 Å². The maximum absolute atomic E-state index is 8.73. The maximum Gasteiger partial charge on any atom is 0.0723 e. The van der Waals surface area contributed by atoms with Crippen LogP contribution >= 0.6 is 0 Å². The highest BCUT2D eigenvalue weighted by molar-refractivity contribution is 5.13. The molecule has 0 heterocycles. The van der Waals surface area contributed by atoms with E-state index in [0.717, 1.165) is 5.56 Å². The molecule has 1 rings (SSSR count). The van der Waals surface area contributed by atoms with E-state index in [1.807, 2.05) is 30.3 Å². The molecule has 0 aromatic heterocycles. The van der Waals surface area contributed by atoms with E-state index >= 15 is 0 Å². The van der Waals surface area contributed by atoms with Crippen molar-refractivity contribution in [3.05, 3.63) is 35.9 Å². The Hall–Kier alpha value is -0.900. The van der Waals surface area contributed by atoms with Gasteiger partial charge >= 0.3 is 0 Å². The monoisotopic (exact) mass is 195 g/mol. The second-order valence-electron chi connectivity index (χ2n) is 3.17. The third kappa shape index (κ3) is 3.87. The van der Waals surface area contributed by atoms with Gasteiger partial charge in [0, 0.05) is 13.2 Å². The third-order valence-corrected chi connectivity index (χ3v) is 2.04. The summed E-state index contributed by atoms with van der Waals surface area (Å²) in [5.74, 6) is 0. The van der Waals surface area contributed by atoms with Gasteiger partial charge in [0.25, 0.3) is 0 Å². The van der Waals surface area contributed by atoms with Gasteiger partial charge in [0.1, 0.15) is 0 Å². The number of aliphatic hydroxyl groups is 1. The fourth-order valence-electron chi connectivity index (χ4n) is 1.20. The summed E-state index contributed by atoms with van der Waals surface area (Å²) in [5.41, 5.74) is 6.62. The number of hydrogen-bond donors (Lipinski definition) is 2. The topological polar surface area (TPSA) is 55.5 Å². The Morgan fingerprint density at radius 3 is 2.57 bits per heavy atom. The van der Waals surface area contributed by atoms with E-state index in [2.05, 4.69) is 0 Å². The van der Waals surface area contributed by atoms with Gasteiger partial charge in [-0.1, -0.05) is 30.3 Å². The van der Waals surface area contributed by atoms with Crippen LogP contribution < -0.4 is 5.73 Å². The Balaban J connectivity index is 2.32. The van der Waals surface area contributed by atoms with Crippen molar-refractivity contribution in [1.29, 1.82) is 0 Å². The first-order valence-corrected chi connectivity index (χ1v) is 4.83. The minimum atomic E-state index is -0.0415. The van der Waals surface area contributed by atoms with Crippen molar-refractivity contribution >= 4 is 0 Å². The van der Waals surface area contributed by atoms with E-state index < -0.39 is 0 Å². The molecule has 1 aromatic rings. The molecule has 14 heavy (non-hydrogen) atoms. The van der Waals surface area contributed by atoms with Crippen LogP contribution in [0.2, 0.25) is 0 Å². The summed E-state index contributed by atoms with van der Waals surface area (Å²) in [4.78, 5) is 0. The molecule has 1 atom stereocenters. The van der Waals surface area contributed by atoms with E-state index in [9.17, 15) is 0 Å². The van der Waals surface area contributed by atoms with E-state index in [1.165, 1.54) is 0 Å². The van der Waals surface area contributed by atoms with Crippen LogP contribution in [-0.4, -0.2) is 24.4 Å². The lowest BCUT2D eigenvalue weighted by Gasteiger charge is -2.14. The molecule has 1 unspecified atom stereocenters. The van der Waals surface area contributed by atoms with Gasteiger partial charge in [0.2, 0.25) is 0 Å². The quantitative estimate of drug-likeness (QED) is 0.709. The predicted molar refractivity (Wildman–Crippen MR) is 55.8 cm³/mol. The van der Waals surface area contributed by atoms with Crippen LogP contribution in [0.1, 0.15) is 12.0 Å². The molecule has 78 valence electrons. The van der Waals surface area contributed by atoms with Gasteiger partial charge in [0.15, 0.2) is 0 Å². The molecule has 3 heteroatoms. The summed E-state index contributed by atoms with van der Waals surface area (Å²) < 4.78 is 5.53. The molecular weight excluding hydrogens is 178 g/mol. The zero-order valence-electron chi connectivity index (χ0n) is 8.23. The second-order valence-corrected chi connectivity index (χ2v) is 3.17. The first kappa shape index (κ1) is 11.2. The highest BCUT2D eigenvalue weighted by atomic mass is 16.5. The lowest BCUT2D eigenvalue weighted by atomic mass is 10.2. The van der Waals surface area contributed by atoms with Crippen LogP contribution in [0.5, 0.6) is 0 Å². The smallest absolute Gasteiger partial charge is 0.0723 e. The highest BCUT2D eigenvalue weighted by Crippen LogP contribution is 2.04. The summed E-state index contributed by atoms with van der Waals surface area (Å²) in [5, 5.41) is 8.73. The first-order valence-electron chi connectivity index (χ1n) is 4.83. The molecule has 0 aliphatic heterocycles. The van der Waals surface area contributed by atoms with Gasteiger partial charge in [-0.25, -0.2) is 0 Å². The molecule has 0 saturated carbocycles. The molecule has 0 saturated heterocycles. The normalized spacial score (nSPS) is 12.7. The van der Waals surface area contributed by atoms with Crippen molar-refractivity contribution in [2.75, 3.05) is 13.2 Å². The van der Waals surface area contributed by atoms with Crippen LogP contribution in [0.25, 0.3) is 0 Å². The Morgan fingerprint density at radius 2 is 2.00 bits per heavy atom. The lowest BCUT2D eigenvalue weighted by Crippen LogP contribution is -2.24. The SMILES string of the molecule is NCC(CCO)OCc1ccccc1. The van der Waals surface area contributed by atoms with Gasteiger partial charge < -0.3 is 15.6 Å². The number of benzene rings is 1. The second kappa shape index (κ2) is 6.54. The van der Waals surface area contributed by atoms with E-state index in [4.69, 9.17) is 15.6 Å². The standard InChI is InChI=1S/C11H17NO2/c12-8-11(6-7-13)14-9-10-4-2-1-3-5-10/h1-5,11,13H,6-9,12H2. The van der Waals surface area contributed by atoms with Crippen molar-refractivity contribution in [2.45, 2.75) is 19.1 Å². The van der Waals surface area contributed by atoms with Crippen molar-refractivity contribution in [2.24, 2.45) is 5.73 Å². The molecule has 3 nitrogen and oxygen atoms in total. The predicted octanol–water partition coefficient (Wildman–Crippen LogP) is 0.913. The van der Waals surface area contributed by atoms with E-state index in [1.54, 1.807) is 0 Å². The van der Waals surface area contributed by atoms with Crippen LogP contribution in [0.4, 0.5) is 0 Å². The number of hydrogen-bond acceptors (Lipinski definition) is 3. The fraction of sp³-hybridized carbons (Fsp3) is 0.455. The van der Waals surface area contributed by atoms with Gasteiger partial charge in [-0.15, -0.1) is 0 Å². The zero-order valence-corrected chi connectivity index (χ0v) is 8.23. The lowest BCUT2D eigenvalue weighted by molar-refractivity contribution is 0.0299. The minimum Gasteiger partial charge on any atom is -0.396 e. The van der Waals surface area contributed by atoms with Crippen LogP contribution in [-0.2, 0) is 11.3 Å². The van der Waals surface area contributed by atoms with Gasteiger partial charge in [-0.2, -0.15) is 0 Å². The Kier molecular flexibility index (Phi) is 5.22. The third-order valence-electron chi connectivity index (χ3n) is 2.04. The zero-order chi connectivity index (χ0) is 10.2. The number of rotatable bonds is 6. The molecule has 0 fully saturated rings.